The van der Waals surface area contributed by atoms with Gasteiger partial charge >= 0.3 is 12.7 Å². The largest absolute Gasteiger partial charge is 0.338 e. The smallest absolute Gasteiger partial charge is 0.146 e. The second kappa shape index (κ2) is 11.8. The molecule has 0 atom stereocenters. The fraction of sp³-hybridized carbons (Fsp3) is 0.200. The molecular formula is C15H19Cl7Si3. The van der Waals surface area contributed by atoms with Crippen LogP contribution in [0.1, 0.15) is 0 Å². The van der Waals surface area contributed by atoms with Crippen LogP contribution < -0.4 is 10.4 Å². The molecule has 140 valence electrons. The number of halogens is 7. The molecule has 2 rings (SSSR count). The van der Waals surface area contributed by atoms with Crippen LogP contribution in [-0.2, 0) is 0 Å². The van der Waals surface area contributed by atoms with Crippen molar-refractivity contribution in [1.29, 1.82) is 0 Å². The lowest BCUT2D eigenvalue weighted by Crippen LogP contribution is -2.48. The summed E-state index contributed by atoms with van der Waals surface area (Å²) in [5, 5.41) is 2.05. The van der Waals surface area contributed by atoms with E-state index in [1.165, 1.54) is 0 Å². The molecular weight excluding hydrogens is 513 g/mol. The molecule has 0 radical (unpaired) electrons. The average molecular weight is 532 g/mol. The molecule has 0 aliphatic heterocycles. The predicted octanol–water partition coefficient (Wildman–Crippen LogP) is 7.16. The number of rotatable bonds is 2. The van der Waals surface area contributed by atoms with Crippen LogP contribution >= 0.6 is 77.6 Å². The normalized spacial score (nSPS) is 11.6. The maximum Gasteiger partial charge on any atom is 0.338 e. The molecule has 2 aromatic carbocycles. The van der Waals surface area contributed by atoms with Crippen molar-refractivity contribution in [2.75, 3.05) is 0 Å². The van der Waals surface area contributed by atoms with E-state index in [0.717, 1.165) is 10.4 Å². The summed E-state index contributed by atoms with van der Waals surface area (Å²) in [6, 6.07) is 17.5. The Balaban J connectivity index is 0.000000480. The molecule has 0 spiro atoms. The molecule has 0 saturated heterocycles. The molecule has 0 saturated carbocycles. The van der Waals surface area contributed by atoms with Crippen molar-refractivity contribution in [3.63, 3.8) is 0 Å². The SMILES string of the molecule is C[Si](C)(Cl)Cl.C[Si](Cl)(Cl)Cl.Cl[Si](Cl)(c1ccccc1)c1ccccc1. The van der Waals surface area contributed by atoms with Crippen molar-refractivity contribution in [2.45, 2.75) is 19.6 Å². The Labute approximate surface area is 186 Å². The first-order chi connectivity index (χ1) is 11.2. The minimum atomic E-state index is -2.51. The molecule has 2 aromatic rings. The van der Waals surface area contributed by atoms with Crippen LogP contribution in [0, 0.1) is 0 Å². The van der Waals surface area contributed by atoms with Gasteiger partial charge in [-0.15, -0.1) is 77.6 Å². The molecule has 0 nitrogen and oxygen atoms in total. The van der Waals surface area contributed by atoms with Crippen molar-refractivity contribution in [3.8, 4) is 0 Å². The third-order valence-corrected chi connectivity index (χ3v) is 7.01. The lowest BCUT2D eigenvalue weighted by atomic mass is 10.4. The minimum Gasteiger partial charge on any atom is -0.146 e. The molecule has 0 heterocycles. The van der Waals surface area contributed by atoms with Crippen LogP contribution in [-0.4, -0.2) is 19.4 Å². The summed E-state index contributed by atoms with van der Waals surface area (Å²) in [4.78, 5) is 0. The van der Waals surface area contributed by atoms with E-state index < -0.39 is 19.4 Å². The van der Waals surface area contributed by atoms with Gasteiger partial charge in [0.25, 0.3) is 0 Å². The second-order valence-electron chi connectivity index (χ2n) is 5.42. The van der Waals surface area contributed by atoms with Crippen molar-refractivity contribution in [1.82, 2.24) is 0 Å². The van der Waals surface area contributed by atoms with Gasteiger partial charge in [0.1, 0.15) is 0 Å². The summed E-state index contributed by atoms with van der Waals surface area (Å²) >= 11 is 39.5. The summed E-state index contributed by atoms with van der Waals surface area (Å²) in [6.07, 6.45) is 0. The topological polar surface area (TPSA) is 0 Å². The second-order valence-corrected chi connectivity index (χ2v) is 30.7. The third kappa shape index (κ3) is 15.8. The van der Waals surface area contributed by atoms with Gasteiger partial charge in [-0.25, -0.2) is 0 Å². The van der Waals surface area contributed by atoms with E-state index in [4.69, 9.17) is 77.6 Å². The predicted molar refractivity (Wildman–Crippen MR) is 128 cm³/mol. The molecule has 0 aromatic heterocycles. The molecule has 0 fully saturated rings. The highest BCUT2D eigenvalue weighted by Crippen LogP contribution is 2.17. The maximum absolute atomic E-state index is 6.49. The summed E-state index contributed by atoms with van der Waals surface area (Å²) in [5.74, 6) is 0. The van der Waals surface area contributed by atoms with E-state index in [2.05, 4.69) is 0 Å². The maximum atomic E-state index is 6.49. The van der Waals surface area contributed by atoms with Gasteiger partial charge in [-0.05, 0) is 30.0 Å². The number of hydrogen-bond donors (Lipinski definition) is 0. The van der Waals surface area contributed by atoms with Gasteiger partial charge in [-0.3, -0.25) is 0 Å². The Kier molecular flexibility index (Phi) is 12.4. The van der Waals surface area contributed by atoms with Gasteiger partial charge in [-0.1, -0.05) is 60.7 Å². The first-order valence-electron chi connectivity index (χ1n) is 7.14. The molecule has 25 heavy (non-hydrogen) atoms. The highest BCUT2D eigenvalue weighted by molar-refractivity contribution is 7.64. The van der Waals surface area contributed by atoms with Crippen molar-refractivity contribution in [3.05, 3.63) is 60.7 Å². The Morgan fingerprint density at radius 2 is 0.720 bits per heavy atom. The van der Waals surface area contributed by atoms with Gasteiger partial charge in [-0.2, -0.15) is 0 Å². The third-order valence-electron chi connectivity index (χ3n) is 2.27. The van der Waals surface area contributed by atoms with E-state index in [0.29, 0.717) is 0 Å². The van der Waals surface area contributed by atoms with Crippen LogP contribution in [0.25, 0.3) is 0 Å². The van der Waals surface area contributed by atoms with Crippen LogP contribution in [0.4, 0.5) is 0 Å². The molecule has 0 aliphatic rings. The standard InChI is InChI=1S/C12H10Cl2Si.C2H6Cl2Si.CH3Cl3Si/c13-15(14,11-7-3-1-4-8-11)12-9-5-2-6-10-12;2*1-5(2,3)4/h1-10H;1-2H3;1H3. The monoisotopic (exact) mass is 528 g/mol. The summed E-state index contributed by atoms with van der Waals surface area (Å²) in [6.45, 7) is 1.16. The van der Waals surface area contributed by atoms with Gasteiger partial charge in [0.05, 0.1) is 0 Å². The van der Waals surface area contributed by atoms with Gasteiger partial charge < -0.3 is 0 Å². The zero-order valence-corrected chi connectivity index (χ0v) is 22.2. The Hall–Kier alpha value is 1.12. The fourth-order valence-corrected chi connectivity index (χ4v) is 4.53. The van der Waals surface area contributed by atoms with E-state index in [1.54, 1.807) is 6.55 Å². The number of hydrogen-bond acceptors (Lipinski definition) is 0. The minimum absolute atomic E-state index is 1.03. The Bertz CT molecular complexity index is 531. The van der Waals surface area contributed by atoms with E-state index in [9.17, 15) is 0 Å². The van der Waals surface area contributed by atoms with Crippen molar-refractivity contribution >= 4 is 107 Å². The first-order valence-corrected chi connectivity index (χ1v) is 21.7. The Morgan fingerprint density at radius 3 is 0.920 bits per heavy atom. The van der Waals surface area contributed by atoms with E-state index in [1.807, 2.05) is 73.8 Å². The van der Waals surface area contributed by atoms with Crippen molar-refractivity contribution < 1.29 is 0 Å². The zero-order chi connectivity index (χ0) is 19.7. The molecule has 0 unspecified atom stereocenters. The van der Waals surface area contributed by atoms with Crippen LogP contribution in [0.3, 0.4) is 0 Å². The average Bonchev–Trinajstić information content (AvgIpc) is 2.46. The number of benzene rings is 2. The molecule has 0 amide bonds. The van der Waals surface area contributed by atoms with E-state index >= 15 is 0 Å². The van der Waals surface area contributed by atoms with Gasteiger partial charge in [0.2, 0.25) is 6.69 Å². The quantitative estimate of drug-likeness (QED) is 0.285. The van der Waals surface area contributed by atoms with Gasteiger partial charge in [0, 0.05) is 0 Å². The van der Waals surface area contributed by atoms with Crippen LogP contribution in [0.5, 0.6) is 0 Å². The highest BCUT2D eigenvalue weighted by Gasteiger charge is 2.32. The molecule has 0 aliphatic carbocycles. The highest BCUT2D eigenvalue weighted by atomic mass is 35.8. The molecule has 10 heteroatoms. The summed E-state index contributed by atoms with van der Waals surface area (Å²) in [5.41, 5.74) is 0. The lowest BCUT2D eigenvalue weighted by Gasteiger charge is -2.17. The molecule has 0 N–H and O–H groups in total. The Morgan fingerprint density at radius 1 is 0.520 bits per heavy atom. The van der Waals surface area contributed by atoms with Crippen molar-refractivity contribution in [2.24, 2.45) is 0 Å². The zero-order valence-electron chi connectivity index (χ0n) is 13.9. The lowest BCUT2D eigenvalue weighted by molar-refractivity contribution is 1.74. The van der Waals surface area contributed by atoms with E-state index in [-0.39, 0.29) is 0 Å². The fourth-order valence-electron chi connectivity index (χ4n) is 1.46. The van der Waals surface area contributed by atoms with Crippen LogP contribution in [0.2, 0.25) is 19.6 Å². The summed E-state index contributed by atoms with van der Waals surface area (Å²) in [7, 11) is 0. The first kappa shape index (κ1) is 26.1. The molecule has 0 bridgehead atoms. The van der Waals surface area contributed by atoms with Gasteiger partial charge in [0.15, 0.2) is 0 Å². The summed E-state index contributed by atoms with van der Waals surface area (Å²) < 4.78 is 0. The van der Waals surface area contributed by atoms with Crippen LogP contribution in [0.15, 0.2) is 60.7 Å².